The molecule has 1 fully saturated rings. The molecular formula is C10H13FN2O4. The molecule has 6 nitrogen and oxygen atoms in total. The van der Waals surface area contributed by atoms with Gasteiger partial charge in [-0.05, 0) is 0 Å². The minimum atomic E-state index is -1.34. The molecule has 0 saturated heterocycles. The summed E-state index contributed by atoms with van der Waals surface area (Å²) in [6.07, 6.45) is -0.0672. The normalized spacial score (nSPS) is 25.8. The molecular weight excluding hydrogens is 231 g/mol. The second kappa shape index (κ2) is 4.08. The van der Waals surface area contributed by atoms with Gasteiger partial charge in [0, 0.05) is 24.7 Å². The monoisotopic (exact) mass is 244 g/mol. The average Bonchev–Trinajstić information content (AvgIpc) is 2.87. The Kier molecular flexibility index (Phi) is 2.88. The molecule has 0 spiro atoms. The van der Waals surface area contributed by atoms with E-state index in [2.05, 4.69) is 4.98 Å². The standard InChI is InChI=1S/C10H13FN2O4/c11-8-6(10(8,4-14)5-15)3-13-2-1-7(16)12-9(13)17/h1-2,6,8,14-15H,3-5H2,(H,12,16,17)/t6-,8+/m0/s1. The summed E-state index contributed by atoms with van der Waals surface area (Å²) in [6.45, 7) is -0.904. The van der Waals surface area contributed by atoms with Gasteiger partial charge in [0.25, 0.3) is 5.56 Å². The van der Waals surface area contributed by atoms with Crippen LogP contribution in [0.25, 0.3) is 0 Å². The second-order valence-electron chi connectivity index (χ2n) is 4.32. The van der Waals surface area contributed by atoms with Crippen molar-refractivity contribution in [1.29, 1.82) is 0 Å². The lowest BCUT2D eigenvalue weighted by Gasteiger charge is -2.09. The predicted molar refractivity (Wildman–Crippen MR) is 56.3 cm³/mol. The minimum Gasteiger partial charge on any atom is -0.396 e. The summed E-state index contributed by atoms with van der Waals surface area (Å²) in [6, 6.07) is 1.16. The number of hydrogen-bond donors (Lipinski definition) is 3. The van der Waals surface area contributed by atoms with Crippen LogP contribution in [-0.4, -0.2) is 39.1 Å². The predicted octanol–water partition coefficient (Wildman–Crippen LogP) is -1.52. The van der Waals surface area contributed by atoms with Gasteiger partial charge in [0.05, 0.1) is 18.6 Å². The van der Waals surface area contributed by atoms with Crippen molar-refractivity contribution < 1.29 is 14.6 Å². The number of hydrogen-bond acceptors (Lipinski definition) is 4. The highest BCUT2D eigenvalue weighted by atomic mass is 19.1. The van der Waals surface area contributed by atoms with Crippen LogP contribution in [-0.2, 0) is 6.54 Å². The van der Waals surface area contributed by atoms with Crippen molar-refractivity contribution in [3.8, 4) is 0 Å². The first-order valence-electron chi connectivity index (χ1n) is 5.21. The van der Waals surface area contributed by atoms with E-state index in [1.54, 1.807) is 0 Å². The lowest BCUT2D eigenvalue weighted by Crippen LogP contribution is -2.30. The lowest BCUT2D eigenvalue weighted by atomic mass is 10.1. The fraction of sp³-hybridized carbons (Fsp3) is 0.600. The number of aliphatic hydroxyl groups is 2. The molecule has 0 aliphatic heterocycles. The molecule has 1 aliphatic rings. The number of nitrogens with one attached hydrogen (secondary N) is 1. The molecule has 1 heterocycles. The summed E-state index contributed by atoms with van der Waals surface area (Å²) in [4.78, 5) is 24.2. The summed E-state index contributed by atoms with van der Waals surface area (Å²) >= 11 is 0. The number of aromatic nitrogens is 2. The molecule has 0 radical (unpaired) electrons. The molecule has 3 N–H and O–H groups in total. The van der Waals surface area contributed by atoms with Gasteiger partial charge in [0.1, 0.15) is 6.17 Å². The molecule has 0 unspecified atom stereocenters. The van der Waals surface area contributed by atoms with Gasteiger partial charge in [-0.15, -0.1) is 0 Å². The van der Waals surface area contributed by atoms with Crippen LogP contribution in [0.3, 0.4) is 0 Å². The maximum Gasteiger partial charge on any atom is 0.328 e. The van der Waals surface area contributed by atoms with Crippen molar-refractivity contribution in [2.24, 2.45) is 11.3 Å². The molecule has 1 aromatic rings. The largest absolute Gasteiger partial charge is 0.396 e. The lowest BCUT2D eigenvalue weighted by molar-refractivity contribution is 0.105. The Morgan fingerprint density at radius 3 is 2.53 bits per heavy atom. The SMILES string of the molecule is O=c1ccn(C[C@H]2[C@@H](F)C2(CO)CO)c(=O)[nH]1. The Bertz CT molecular complexity index is 520. The zero-order valence-electron chi connectivity index (χ0n) is 8.97. The molecule has 0 bridgehead atoms. The quantitative estimate of drug-likeness (QED) is 0.599. The van der Waals surface area contributed by atoms with Crippen molar-refractivity contribution in [2.45, 2.75) is 12.7 Å². The summed E-state index contributed by atoms with van der Waals surface area (Å²) in [5.74, 6) is -0.610. The van der Waals surface area contributed by atoms with E-state index in [9.17, 15) is 14.0 Å². The number of H-pyrrole nitrogens is 1. The number of aliphatic hydroxyl groups excluding tert-OH is 2. The zero-order chi connectivity index (χ0) is 12.6. The topological polar surface area (TPSA) is 95.3 Å². The van der Waals surface area contributed by atoms with Gasteiger partial charge in [-0.1, -0.05) is 0 Å². The van der Waals surface area contributed by atoms with Crippen molar-refractivity contribution in [3.63, 3.8) is 0 Å². The van der Waals surface area contributed by atoms with Gasteiger partial charge in [0.2, 0.25) is 0 Å². The number of halogens is 1. The second-order valence-corrected chi connectivity index (χ2v) is 4.32. The first kappa shape index (κ1) is 12.0. The summed E-state index contributed by atoms with van der Waals surface area (Å²) in [7, 11) is 0. The van der Waals surface area contributed by atoms with Crippen LogP contribution in [0.5, 0.6) is 0 Å². The van der Waals surface area contributed by atoms with Gasteiger partial charge >= 0.3 is 5.69 Å². The van der Waals surface area contributed by atoms with Gasteiger partial charge in [-0.3, -0.25) is 9.78 Å². The highest BCUT2D eigenvalue weighted by molar-refractivity contribution is 5.11. The zero-order valence-corrected chi connectivity index (χ0v) is 8.97. The molecule has 0 aromatic carbocycles. The third-order valence-corrected chi connectivity index (χ3v) is 3.41. The molecule has 94 valence electrons. The molecule has 2 atom stereocenters. The van der Waals surface area contributed by atoms with Crippen LogP contribution < -0.4 is 11.2 Å². The summed E-state index contributed by atoms with van der Waals surface area (Å²) < 4.78 is 14.6. The van der Waals surface area contributed by atoms with E-state index in [0.29, 0.717) is 0 Å². The Morgan fingerprint density at radius 2 is 2.06 bits per heavy atom. The number of rotatable bonds is 4. The average molecular weight is 244 g/mol. The van der Waals surface area contributed by atoms with E-state index in [1.807, 2.05) is 0 Å². The van der Waals surface area contributed by atoms with Crippen LogP contribution in [0.2, 0.25) is 0 Å². The van der Waals surface area contributed by atoms with Crippen LogP contribution in [0.1, 0.15) is 0 Å². The van der Waals surface area contributed by atoms with Gasteiger partial charge in [-0.2, -0.15) is 0 Å². The first-order chi connectivity index (χ1) is 8.05. The van der Waals surface area contributed by atoms with Crippen LogP contribution in [0.15, 0.2) is 21.9 Å². The summed E-state index contributed by atoms with van der Waals surface area (Å²) in [5, 5.41) is 18.1. The maximum atomic E-state index is 13.5. The highest BCUT2D eigenvalue weighted by Crippen LogP contribution is 2.55. The van der Waals surface area contributed by atoms with E-state index in [0.717, 1.165) is 10.6 Å². The molecule has 17 heavy (non-hydrogen) atoms. The van der Waals surface area contributed by atoms with Crippen LogP contribution >= 0.6 is 0 Å². The van der Waals surface area contributed by atoms with E-state index >= 15 is 0 Å². The van der Waals surface area contributed by atoms with Gasteiger partial charge in [-0.25, -0.2) is 9.18 Å². The van der Waals surface area contributed by atoms with Crippen molar-refractivity contribution >= 4 is 0 Å². The van der Waals surface area contributed by atoms with E-state index in [1.165, 1.54) is 6.20 Å². The smallest absolute Gasteiger partial charge is 0.328 e. The van der Waals surface area contributed by atoms with Crippen LogP contribution in [0.4, 0.5) is 4.39 Å². The van der Waals surface area contributed by atoms with Crippen molar-refractivity contribution in [1.82, 2.24) is 9.55 Å². The highest BCUT2D eigenvalue weighted by Gasteiger charge is 2.65. The Hall–Kier alpha value is -1.47. The first-order valence-corrected chi connectivity index (χ1v) is 5.21. The Labute approximate surface area is 95.3 Å². The Morgan fingerprint density at radius 1 is 1.41 bits per heavy atom. The number of nitrogens with zero attached hydrogens (tertiary/aromatic N) is 1. The molecule has 0 amide bonds. The van der Waals surface area contributed by atoms with Crippen molar-refractivity contribution in [3.05, 3.63) is 33.1 Å². The van der Waals surface area contributed by atoms with E-state index < -0.39 is 42.0 Å². The van der Waals surface area contributed by atoms with Crippen LogP contribution in [0, 0.1) is 11.3 Å². The molecule has 1 aliphatic carbocycles. The third-order valence-electron chi connectivity index (χ3n) is 3.41. The van der Waals surface area contributed by atoms with Gasteiger partial charge in [0.15, 0.2) is 0 Å². The summed E-state index contributed by atoms with van der Waals surface area (Å²) in [5.41, 5.74) is -2.30. The molecule has 7 heteroatoms. The number of alkyl halides is 1. The fourth-order valence-corrected chi connectivity index (χ4v) is 2.06. The van der Waals surface area contributed by atoms with Crippen molar-refractivity contribution in [2.75, 3.05) is 13.2 Å². The molecule has 2 rings (SSSR count). The fourth-order valence-electron chi connectivity index (χ4n) is 2.06. The number of aromatic amines is 1. The maximum absolute atomic E-state index is 13.5. The molecule has 1 aromatic heterocycles. The molecule has 1 saturated carbocycles. The minimum absolute atomic E-state index is 0.0257. The van der Waals surface area contributed by atoms with E-state index in [4.69, 9.17) is 10.2 Å². The van der Waals surface area contributed by atoms with Gasteiger partial charge < -0.3 is 14.8 Å². The third kappa shape index (κ3) is 1.81. The Balaban J connectivity index is 2.19. The van der Waals surface area contributed by atoms with E-state index in [-0.39, 0.29) is 6.54 Å².